The van der Waals surface area contributed by atoms with Crippen molar-refractivity contribution in [3.05, 3.63) is 0 Å². The van der Waals surface area contributed by atoms with Crippen LogP contribution >= 0.6 is 0 Å². The lowest BCUT2D eigenvalue weighted by Crippen LogP contribution is -2.39. The van der Waals surface area contributed by atoms with E-state index in [0.717, 1.165) is 25.0 Å². The second-order valence-electron chi connectivity index (χ2n) is 5.68. The Hall–Kier alpha value is -0.810. The summed E-state index contributed by atoms with van der Waals surface area (Å²) in [4.78, 5) is 4.22. The maximum Gasteiger partial charge on any atom is 0.191 e. The van der Waals surface area contributed by atoms with Crippen molar-refractivity contribution in [2.24, 2.45) is 10.9 Å². The first-order valence-electron chi connectivity index (χ1n) is 8.38. The molecule has 0 aliphatic heterocycles. The molecule has 0 aromatic rings. The van der Waals surface area contributed by atoms with Gasteiger partial charge in [0, 0.05) is 27.2 Å². The molecule has 1 saturated carbocycles. The summed E-state index contributed by atoms with van der Waals surface area (Å²) < 4.78 is 10.3. The van der Waals surface area contributed by atoms with Crippen LogP contribution in [-0.4, -0.2) is 53.0 Å². The number of rotatable bonds is 10. The minimum absolute atomic E-state index is 0.644. The van der Waals surface area contributed by atoms with Crippen LogP contribution in [-0.2, 0) is 9.47 Å². The van der Waals surface area contributed by atoms with Gasteiger partial charge >= 0.3 is 0 Å². The zero-order valence-corrected chi connectivity index (χ0v) is 13.8. The van der Waals surface area contributed by atoms with Crippen LogP contribution in [0.15, 0.2) is 4.99 Å². The van der Waals surface area contributed by atoms with E-state index in [1.807, 2.05) is 7.05 Å². The van der Waals surface area contributed by atoms with E-state index in [0.29, 0.717) is 19.8 Å². The van der Waals surface area contributed by atoms with E-state index in [4.69, 9.17) is 9.47 Å². The second kappa shape index (κ2) is 12.9. The predicted octanol–water partition coefficient (Wildman–Crippen LogP) is 2.17. The molecule has 0 bridgehead atoms. The third-order valence-electron chi connectivity index (χ3n) is 4.00. The first kappa shape index (κ1) is 18.2. The van der Waals surface area contributed by atoms with E-state index in [-0.39, 0.29) is 0 Å². The molecule has 1 aliphatic carbocycles. The topological polar surface area (TPSA) is 54.9 Å². The molecular weight excluding hydrogens is 266 g/mol. The van der Waals surface area contributed by atoms with Gasteiger partial charge < -0.3 is 20.1 Å². The Balaban J connectivity index is 1.95. The average molecular weight is 299 g/mol. The third kappa shape index (κ3) is 9.69. The van der Waals surface area contributed by atoms with E-state index in [1.54, 1.807) is 7.11 Å². The first-order chi connectivity index (χ1) is 10.4. The number of ether oxygens (including phenoxy) is 2. The number of nitrogens with zero attached hydrogens (tertiary/aromatic N) is 1. The third-order valence-corrected chi connectivity index (χ3v) is 4.00. The number of hydrogen-bond acceptors (Lipinski definition) is 3. The Morgan fingerprint density at radius 3 is 2.52 bits per heavy atom. The van der Waals surface area contributed by atoms with Crippen molar-refractivity contribution in [2.45, 2.75) is 44.9 Å². The fourth-order valence-electron chi connectivity index (χ4n) is 2.78. The molecule has 0 aromatic carbocycles. The van der Waals surface area contributed by atoms with Gasteiger partial charge in [-0.05, 0) is 18.8 Å². The Kier molecular flexibility index (Phi) is 11.2. The molecule has 0 heterocycles. The molecule has 124 valence electrons. The van der Waals surface area contributed by atoms with Crippen LogP contribution in [0.2, 0.25) is 0 Å². The van der Waals surface area contributed by atoms with Gasteiger partial charge in [0.15, 0.2) is 5.96 Å². The summed E-state index contributed by atoms with van der Waals surface area (Å²) >= 11 is 0. The van der Waals surface area contributed by atoms with Crippen LogP contribution in [0.3, 0.4) is 0 Å². The minimum atomic E-state index is 0.644. The van der Waals surface area contributed by atoms with E-state index >= 15 is 0 Å². The molecule has 1 aliphatic rings. The van der Waals surface area contributed by atoms with E-state index in [2.05, 4.69) is 15.6 Å². The minimum Gasteiger partial charge on any atom is -0.382 e. The number of guanidine groups is 1. The number of methoxy groups -OCH3 is 1. The molecule has 21 heavy (non-hydrogen) atoms. The number of hydrogen-bond donors (Lipinski definition) is 2. The maximum absolute atomic E-state index is 5.40. The smallest absolute Gasteiger partial charge is 0.191 e. The molecule has 0 aromatic heterocycles. The molecule has 0 saturated heterocycles. The molecule has 0 spiro atoms. The Bertz CT molecular complexity index is 266. The van der Waals surface area contributed by atoms with Crippen LogP contribution in [0.1, 0.15) is 44.9 Å². The normalized spacial score (nSPS) is 17.0. The zero-order chi connectivity index (χ0) is 15.2. The van der Waals surface area contributed by atoms with Crippen LogP contribution in [0, 0.1) is 5.92 Å². The van der Waals surface area contributed by atoms with Crippen molar-refractivity contribution < 1.29 is 9.47 Å². The largest absolute Gasteiger partial charge is 0.382 e. The van der Waals surface area contributed by atoms with Gasteiger partial charge in [0.1, 0.15) is 0 Å². The lowest BCUT2D eigenvalue weighted by atomic mass is 9.86. The summed E-state index contributed by atoms with van der Waals surface area (Å²) in [6, 6.07) is 0. The Morgan fingerprint density at radius 1 is 1.05 bits per heavy atom. The van der Waals surface area contributed by atoms with Gasteiger partial charge in [-0.15, -0.1) is 0 Å². The summed E-state index contributed by atoms with van der Waals surface area (Å²) in [5.41, 5.74) is 0. The molecule has 1 rings (SSSR count). The van der Waals surface area contributed by atoms with Crippen molar-refractivity contribution in [3.8, 4) is 0 Å². The molecule has 0 atom stereocenters. The van der Waals surface area contributed by atoms with Gasteiger partial charge in [0.05, 0.1) is 19.8 Å². The fourth-order valence-corrected chi connectivity index (χ4v) is 2.78. The van der Waals surface area contributed by atoms with Gasteiger partial charge in [-0.3, -0.25) is 4.99 Å². The van der Waals surface area contributed by atoms with E-state index in [1.165, 1.54) is 44.9 Å². The van der Waals surface area contributed by atoms with Gasteiger partial charge in [-0.2, -0.15) is 0 Å². The fraction of sp³-hybridized carbons (Fsp3) is 0.938. The lowest BCUT2D eigenvalue weighted by Gasteiger charge is -2.21. The average Bonchev–Trinajstić information content (AvgIpc) is 2.53. The molecule has 0 radical (unpaired) electrons. The van der Waals surface area contributed by atoms with Crippen LogP contribution < -0.4 is 10.6 Å². The molecule has 0 amide bonds. The molecule has 0 unspecified atom stereocenters. The first-order valence-corrected chi connectivity index (χ1v) is 8.38. The quantitative estimate of drug-likeness (QED) is 0.369. The summed E-state index contributed by atoms with van der Waals surface area (Å²) in [5.74, 6) is 1.83. The van der Waals surface area contributed by atoms with E-state index in [9.17, 15) is 0 Å². The highest BCUT2D eigenvalue weighted by Gasteiger charge is 2.12. The summed E-state index contributed by atoms with van der Waals surface area (Å²) in [6.45, 7) is 3.73. The van der Waals surface area contributed by atoms with Crippen molar-refractivity contribution in [1.29, 1.82) is 0 Å². The van der Waals surface area contributed by atoms with Crippen molar-refractivity contribution in [2.75, 3.05) is 47.1 Å². The van der Waals surface area contributed by atoms with Gasteiger partial charge in [-0.25, -0.2) is 0 Å². The van der Waals surface area contributed by atoms with Gasteiger partial charge in [-0.1, -0.05) is 32.1 Å². The highest BCUT2D eigenvalue weighted by molar-refractivity contribution is 5.79. The van der Waals surface area contributed by atoms with Crippen molar-refractivity contribution >= 4 is 5.96 Å². The molecule has 1 fully saturated rings. The molecule has 5 heteroatoms. The van der Waals surface area contributed by atoms with Gasteiger partial charge in [0.2, 0.25) is 0 Å². The summed E-state index contributed by atoms with van der Waals surface area (Å²) in [7, 11) is 3.49. The predicted molar refractivity (Wildman–Crippen MR) is 87.9 cm³/mol. The highest BCUT2D eigenvalue weighted by Crippen LogP contribution is 2.26. The monoisotopic (exact) mass is 299 g/mol. The number of nitrogens with one attached hydrogen (secondary N) is 2. The zero-order valence-electron chi connectivity index (χ0n) is 13.8. The second-order valence-corrected chi connectivity index (χ2v) is 5.68. The maximum atomic E-state index is 5.40. The van der Waals surface area contributed by atoms with Crippen LogP contribution in [0.5, 0.6) is 0 Å². The molecule has 2 N–H and O–H groups in total. The lowest BCUT2D eigenvalue weighted by molar-refractivity contribution is 0.0733. The highest BCUT2D eigenvalue weighted by atomic mass is 16.5. The van der Waals surface area contributed by atoms with Gasteiger partial charge in [0.25, 0.3) is 0 Å². The number of aliphatic imine (C=N–C) groups is 1. The summed E-state index contributed by atoms with van der Waals surface area (Å²) in [6.07, 6.45) is 9.77. The Morgan fingerprint density at radius 2 is 1.81 bits per heavy atom. The van der Waals surface area contributed by atoms with Crippen LogP contribution in [0.25, 0.3) is 0 Å². The molecular formula is C16H33N3O2. The summed E-state index contributed by atoms with van der Waals surface area (Å²) in [5, 5.41) is 6.63. The Labute approximate surface area is 129 Å². The molecule has 5 nitrogen and oxygen atoms in total. The van der Waals surface area contributed by atoms with Crippen LogP contribution in [0.4, 0.5) is 0 Å². The van der Waals surface area contributed by atoms with E-state index < -0.39 is 0 Å². The van der Waals surface area contributed by atoms with Crippen molar-refractivity contribution in [1.82, 2.24) is 10.6 Å². The van der Waals surface area contributed by atoms with Crippen molar-refractivity contribution in [3.63, 3.8) is 0 Å². The SMILES string of the molecule is CN=C(NCCCC1CCCCC1)NCCOCCOC. The standard InChI is InChI=1S/C16H33N3O2/c1-17-16(19-11-12-21-14-13-20-2)18-10-6-9-15-7-4-3-5-8-15/h15H,3-14H2,1-2H3,(H2,17,18,19).